The largest absolute Gasteiger partial charge is 0.455 e. The summed E-state index contributed by atoms with van der Waals surface area (Å²) in [6.45, 7) is 0. The molecule has 9 rings (SSSR count). The third-order valence-electron chi connectivity index (χ3n) is 8.16. The third-order valence-corrected chi connectivity index (χ3v) is 8.16. The molecule has 9 aromatic rings. The average molecular weight is 566 g/mol. The number of furan rings is 2. The van der Waals surface area contributed by atoms with Gasteiger partial charge in [-0.3, -0.25) is 0 Å². The quantitative estimate of drug-likeness (QED) is 0.212. The fourth-order valence-electron chi connectivity index (χ4n) is 6.13. The van der Waals surface area contributed by atoms with Gasteiger partial charge in [-0.05, 0) is 12.1 Å². The van der Waals surface area contributed by atoms with E-state index >= 15 is 0 Å². The number of rotatable bonds is 4. The molecule has 0 aliphatic carbocycles. The van der Waals surface area contributed by atoms with Crippen molar-refractivity contribution in [2.45, 2.75) is 0 Å². The summed E-state index contributed by atoms with van der Waals surface area (Å²) in [5.74, 6) is 1.84. The zero-order chi connectivity index (χ0) is 29.0. The summed E-state index contributed by atoms with van der Waals surface area (Å²) < 4.78 is 13.0. The molecular weight excluding hydrogens is 542 g/mol. The second kappa shape index (κ2) is 9.75. The highest BCUT2D eigenvalue weighted by Crippen LogP contribution is 2.43. The molecule has 206 valence electrons. The summed E-state index contributed by atoms with van der Waals surface area (Å²) in [6, 6.07) is 46.8. The lowest BCUT2D eigenvalue weighted by Crippen LogP contribution is -2.00. The minimum absolute atomic E-state index is 0.593. The molecule has 3 heterocycles. The van der Waals surface area contributed by atoms with Crippen LogP contribution in [0.5, 0.6) is 0 Å². The van der Waals surface area contributed by atoms with Gasteiger partial charge in [0.25, 0.3) is 0 Å². The van der Waals surface area contributed by atoms with Crippen LogP contribution >= 0.6 is 0 Å². The molecule has 6 aromatic carbocycles. The van der Waals surface area contributed by atoms with Crippen LogP contribution in [0.25, 0.3) is 89.2 Å². The van der Waals surface area contributed by atoms with E-state index < -0.39 is 0 Å². The van der Waals surface area contributed by atoms with E-state index in [-0.39, 0.29) is 0 Å². The van der Waals surface area contributed by atoms with Gasteiger partial charge in [-0.1, -0.05) is 127 Å². The molecule has 3 aromatic heterocycles. The summed E-state index contributed by atoms with van der Waals surface area (Å²) in [4.78, 5) is 14.9. The zero-order valence-electron chi connectivity index (χ0n) is 23.4. The van der Waals surface area contributed by atoms with Gasteiger partial charge in [0.05, 0.1) is 0 Å². The molecule has 5 nitrogen and oxygen atoms in total. The Labute approximate surface area is 252 Å². The molecule has 0 atom stereocenters. The monoisotopic (exact) mass is 565 g/mol. The van der Waals surface area contributed by atoms with E-state index in [2.05, 4.69) is 48.5 Å². The van der Waals surface area contributed by atoms with E-state index in [1.54, 1.807) is 0 Å². The SMILES string of the molecule is c1ccc(-c2nc(-c3ccccc3)nc(-c3cccc4oc5c(-c6cccc7c6oc6ccccc67)cccc5c34)n2)cc1. The normalized spacial score (nSPS) is 11.6. The van der Waals surface area contributed by atoms with E-state index in [1.165, 1.54) is 0 Å². The van der Waals surface area contributed by atoms with Gasteiger partial charge in [0.15, 0.2) is 17.5 Å². The Hall–Kier alpha value is -6.07. The Morgan fingerprint density at radius 2 is 0.818 bits per heavy atom. The fourth-order valence-corrected chi connectivity index (χ4v) is 6.13. The number of aromatic nitrogens is 3. The topological polar surface area (TPSA) is 65.0 Å². The number of fused-ring (bicyclic) bond motifs is 6. The fraction of sp³-hybridized carbons (Fsp3) is 0. The van der Waals surface area contributed by atoms with E-state index in [4.69, 9.17) is 23.8 Å². The lowest BCUT2D eigenvalue weighted by atomic mass is 9.98. The van der Waals surface area contributed by atoms with Crippen LogP contribution in [0.3, 0.4) is 0 Å². The molecule has 0 N–H and O–H groups in total. The summed E-state index contributed by atoms with van der Waals surface area (Å²) in [5.41, 5.74) is 7.98. The van der Waals surface area contributed by atoms with Crippen molar-refractivity contribution < 1.29 is 8.83 Å². The van der Waals surface area contributed by atoms with Crippen LogP contribution in [-0.2, 0) is 0 Å². The van der Waals surface area contributed by atoms with Gasteiger partial charge in [-0.25, -0.2) is 15.0 Å². The van der Waals surface area contributed by atoms with Gasteiger partial charge in [0.1, 0.15) is 22.3 Å². The minimum atomic E-state index is 0.593. The third kappa shape index (κ3) is 3.83. The smallest absolute Gasteiger partial charge is 0.164 e. The summed E-state index contributed by atoms with van der Waals surface area (Å²) in [7, 11) is 0. The van der Waals surface area contributed by atoms with Gasteiger partial charge in [-0.2, -0.15) is 0 Å². The van der Waals surface area contributed by atoms with Crippen LogP contribution in [0.2, 0.25) is 0 Å². The Kier molecular flexibility index (Phi) is 5.43. The van der Waals surface area contributed by atoms with Crippen molar-refractivity contribution in [3.8, 4) is 45.3 Å². The maximum atomic E-state index is 6.64. The summed E-state index contributed by atoms with van der Waals surface area (Å²) >= 11 is 0. The number of hydrogen-bond acceptors (Lipinski definition) is 5. The Bertz CT molecular complexity index is 2440. The first kappa shape index (κ1) is 24.5. The lowest BCUT2D eigenvalue weighted by Gasteiger charge is -2.09. The van der Waals surface area contributed by atoms with E-state index in [9.17, 15) is 0 Å². The number of benzene rings is 6. The van der Waals surface area contributed by atoms with Crippen LogP contribution in [0.15, 0.2) is 148 Å². The molecule has 44 heavy (non-hydrogen) atoms. The van der Waals surface area contributed by atoms with Gasteiger partial charge >= 0.3 is 0 Å². The van der Waals surface area contributed by atoms with Crippen LogP contribution in [0.4, 0.5) is 0 Å². The first-order valence-corrected chi connectivity index (χ1v) is 14.5. The van der Waals surface area contributed by atoms with Crippen LogP contribution < -0.4 is 0 Å². The molecule has 0 radical (unpaired) electrons. The van der Waals surface area contributed by atoms with Crippen molar-refractivity contribution in [3.05, 3.63) is 140 Å². The molecule has 0 unspecified atom stereocenters. The van der Waals surface area contributed by atoms with Crippen molar-refractivity contribution in [3.63, 3.8) is 0 Å². The highest BCUT2D eigenvalue weighted by Gasteiger charge is 2.21. The molecule has 0 saturated carbocycles. The van der Waals surface area contributed by atoms with E-state index in [0.29, 0.717) is 17.5 Å². The first-order chi connectivity index (χ1) is 21.8. The van der Waals surface area contributed by atoms with Crippen molar-refractivity contribution in [1.29, 1.82) is 0 Å². The van der Waals surface area contributed by atoms with E-state index in [1.807, 2.05) is 91.0 Å². The minimum Gasteiger partial charge on any atom is -0.455 e. The van der Waals surface area contributed by atoms with Gasteiger partial charge in [-0.15, -0.1) is 0 Å². The van der Waals surface area contributed by atoms with E-state index in [0.717, 1.165) is 71.7 Å². The first-order valence-electron chi connectivity index (χ1n) is 14.5. The van der Waals surface area contributed by atoms with Crippen molar-refractivity contribution in [1.82, 2.24) is 15.0 Å². The summed E-state index contributed by atoms with van der Waals surface area (Å²) in [5, 5.41) is 4.13. The van der Waals surface area contributed by atoms with Crippen LogP contribution in [-0.4, -0.2) is 15.0 Å². The molecule has 5 heteroatoms. The van der Waals surface area contributed by atoms with Crippen LogP contribution in [0.1, 0.15) is 0 Å². The highest BCUT2D eigenvalue weighted by molar-refractivity contribution is 6.17. The van der Waals surface area contributed by atoms with Crippen LogP contribution in [0, 0.1) is 0 Å². The Morgan fingerprint density at radius 1 is 0.341 bits per heavy atom. The molecule has 0 saturated heterocycles. The maximum Gasteiger partial charge on any atom is 0.164 e. The molecule has 0 aliphatic heterocycles. The molecule has 0 spiro atoms. The maximum absolute atomic E-state index is 6.64. The van der Waals surface area contributed by atoms with Gasteiger partial charge in [0.2, 0.25) is 0 Å². The highest BCUT2D eigenvalue weighted by atomic mass is 16.3. The molecule has 0 bridgehead atoms. The number of para-hydroxylation sites is 3. The predicted octanol–water partition coefficient (Wildman–Crippen LogP) is 10.3. The Balaban J connectivity index is 1.29. The molecule has 0 amide bonds. The average Bonchev–Trinajstić information content (AvgIpc) is 3.68. The predicted molar refractivity (Wildman–Crippen MR) is 176 cm³/mol. The standard InChI is InChI=1S/C39H23N3O2/c1-3-12-24(13-4-1)37-40-38(25-14-5-2-6-15-25)42-39(41-37)31-21-11-23-33-34(31)30-20-10-19-29(36(30)44-33)28-18-9-17-27-26-16-7-8-22-32(26)43-35(27)28/h1-23H. The zero-order valence-corrected chi connectivity index (χ0v) is 23.4. The van der Waals surface area contributed by atoms with Gasteiger partial charge in [0, 0.05) is 49.4 Å². The summed E-state index contributed by atoms with van der Waals surface area (Å²) in [6.07, 6.45) is 0. The second-order valence-corrected chi connectivity index (χ2v) is 10.8. The molecule has 0 fully saturated rings. The van der Waals surface area contributed by atoms with Crippen molar-refractivity contribution in [2.75, 3.05) is 0 Å². The second-order valence-electron chi connectivity index (χ2n) is 10.8. The molecule has 0 aliphatic rings. The van der Waals surface area contributed by atoms with Crippen molar-refractivity contribution >= 4 is 43.9 Å². The van der Waals surface area contributed by atoms with Crippen molar-refractivity contribution in [2.24, 2.45) is 0 Å². The lowest BCUT2D eigenvalue weighted by molar-refractivity contribution is 0.665. The number of hydrogen-bond donors (Lipinski definition) is 0. The number of nitrogens with zero attached hydrogens (tertiary/aromatic N) is 3. The van der Waals surface area contributed by atoms with Gasteiger partial charge < -0.3 is 8.83 Å². The Morgan fingerprint density at radius 3 is 1.52 bits per heavy atom. The molecular formula is C39H23N3O2.